The summed E-state index contributed by atoms with van der Waals surface area (Å²) >= 11 is 3.91. The van der Waals surface area contributed by atoms with Gasteiger partial charge in [0.05, 0.1) is 11.5 Å². The topological polar surface area (TPSA) is 69.8 Å². The quantitative estimate of drug-likeness (QED) is 0.380. The molecule has 0 amide bonds. The highest BCUT2D eigenvalue weighted by atomic mass is 32.1. The summed E-state index contributed by atoms with van der Waals surface area (Å²) in [6.07, 6.45) is -1.04. The Labute approximate surface area is 57.3 Å². The normalized spacial score (nSPS) is 12.7. The van der Waals surface area contributed by atoms with Crippen LogP contribution in [-0.2, 0) is 17.7 Å². The average Bonchev–Trinajstić information content (AvgIpc) is 1.83. The Bertz CT molecular complexity index is 97.8. The Morgan fingerprint density at radius 3 is 2.67 bits per heavy atom. The van der Waals surface area contributed by atoms with Gasteiger partial charge >= 0.3 is 0 Å². The van der Waals surface area contributed by atoms with Crippen LogP contribution < -0.4 is 0 Å². The van der Waals surface area contributed by atoms with Crippen LogP contribution in [0.4, 0.5) is 0 Å². The van der Waals surface area contributed by atoms with Crippen molar-refractivity contribution in [3.05, 3.63) is 4.91 Å². The molecule has 0 aliphatic heterocycles. The molecule has 0 aromatic heterocycles. The van der Waals surface area contributed by atoms with Crippen LogP contribution in [-0.4, -0.2) is 33.9 Å². The Kier molecular flexibility index (Phi) is 4.20. The highest BCUT2D eigenvalue weighted by molar-refractivity contribution is 7.51. The van der Waals surface area contributed by atoms with Crippen LogP contribution >= 0.6 is 0 Å². The van der Waals surface area contributed by atoms with Gasteiger partial charge in [0.15, 0.2) is 6.61 Å². The summed E-state index contributed by atoms with van der Waals surface area (Å²) in [6, 6.07) is 0. The maximum atomic E-state index is 9.78. The zero-order valence-corrected chi connectivity index (χ0v) is 5.37. The third-order valence-electron chi connectivity index (χ3n) is 0.583. The van der Waals surface area contributed by atoms with Crippen molar-refractivity contribution in [3.63, 3.8) is 0 Å². The molecule has 0 rings (SSSR count). The molecule has 6 heteroatoms. The monoisotopic (exact) mass is 153 g/mol. The van der Waals surface area contributed by atoms with Crippen molar-refractivity contribution in [2.75, 3.05) is 13.2 Å². The molecule has 0 heterocycles. The number of nitrogens with zero attached hydrogens (tertiary/aromatic N) is 1. The molecule has 1 atom stereocenters. The lowest BCUT2D eigenvalue weighted by molar-refractivity contribution is -0.683. The van der Waals surface area contributed by atoms with Gasteiger partial charge < -0.3 is 23.0 Å². The summed E-state index contributed by atoms with van der Waals surface area (Å²) in [5.74, 6) is 0. The van der Waals surface area contributed by atoms with Crippen molar-refractivity contribution in [3.8, 4) is 0 Å². The highest BCUT2D eigenvalue weighted by Gasteiger charge is 2.04. The SMILES string of the molecule is O=[N+]([S-])OCC(O)CO. The summed E-state index contributed by atoms with van der Waals surface area (Å²) in [5, 5.41) is 16.7. The molecule has 1 unspecified atom stereocenters. The fourth-order valence-electron chi connectivity index (χ4n) is 0.200. The number of aliphatic hydroxyl groups excluding tert-OH is 2. The van der Waals surface area contributed by atoms with E-state index < -0.39 is 12.7 Å². The summed E-state index contributed by atoms with van der Waals surface area (Å²) in [7, 11) is 0. The molecule has 0 aliphatic rings. The lowest BCUT2D eigenvalue weighted by Crippen LogP contribution is -2.21. The maximum Gasteiger partial charge on any atom is 0.191 e. The van der Waals surface area contributed by atoms with Gasteiger partial charge in [0.25, 0.3) is 0 Å². The first kappa shape index (κ1) is 8.54. The van der Waals surface area contributed by atoms with E-state index in [0.29, 0.717) is 0 Å². The fraction of sp³-hybridized carbons (Fsp3) is 1.00. The molecule has 0 radical (unpaired) electrons. The van der Waals surface area contributed by atoms with Crippen molar-refractivity contribution in [2.45, 2.75) is 6.10 Å². The van der Waals surface area contributed by atoms with E-state index in [1.54, 1.807) is 0 Å². The van der Waals surface area contributed by atoms with Gasteiger partial charge in [-0.15, -0.1) is 0 Å². The van der Waals surface area contributed by atoms with Gasteiger partial charge in [0.2, 0.25) is 0 Å². The van der Waals surface area contributed by atoms with E-state index in [1.165, 1.54) is 0 Å². The predicted octanol–water partition coefficient (Wildman–Crippen LogP) is -1.49. The zero-order chi connectivity index (χ0) is 7.28. The van der Waals surface area contributed by atoms with E-state index in [0.717, 1.165) is 0 Å². The summed E-state index contributed by atoms with van der Waals surface area (Å²) in [4.78, 5) is 13.9. The van der Waals surface area contributed by atoms with E-state index in [2.05, 4.69) is 17.7 Å². The number of hydrogen-bond donors (Lipinski definition) is 2. The molecule has 0 fully saturated rings. The zero-order valence-electron chi connectivity index (χ0n) is 4.56. The van der Waals surface area contributed by atoms with Crippen LogP contribution in [0.2, 0.25) is 0 Å². The second-order valence-electron chi connectivity index (χ2n) is 1.36. The first-order valence-electron chi connectivity index (χ1n) is 2.23. The Hall–Kier alpha value is -0.460. The number of aliphatic hydroxyl groups is 2. The van der Waals surface area contributed by atoms with Gasteiger partial charge in [-0.05, 0) is 0 Å². The smallest absolute Gasteiger partial charge is 0.191 e. The molecule has 54 valence electrons. The summed E-state index contributed by atoms with van der Waals surface area (Å²) < 4.78 is -0.196. The van der Waals surface area contributed by atoms with Crippen molar-refractivity contribution >= 4 is 12.8 Å². The van der Waals surface area contributed by atoms with Crippen LogP contribution in [0.5, 0.6) is 0 Å². The standard InChI is InChI=1S/C3H7NO4S/c5-1-3(6)2-8-4(7)9/h3,5-6H,1-2H2. The minimum atomic E-state index is -1.04. The molecule has 0 aliphatic carbocycles. The Morgan fingerprint density at radius 2 is 2.33 bits per heavy atom. The predicted molar refractivity (Wildman–Crippen MR) is 30.0 cm³/mol. The third-order valence-corrected chi connectivity index (χ3v) is 0.688. The Morgan fingerprint density at radius 1 is 1.78 bits per heavy atom. The van der Waals surface area contributed by atoms with Gasteiger partial charge in [-0.2, -0.15) is 0 Å². The average molecular weight is 153 g/mol. The van der Waals surface area contributed by atoms with Crippen LogP contribution in [0.1, 0.15) is 0 Å². The van der Waals surface area contributed by atoms with Crippen LogP contribution in [0.25, 0.3) is 0 Å². The second kappa shape index (κ2) is 4.42. The first-order valence-corrected chi connectivity index (χ1v) is 2.59. The number of hydrogen-bond acceptors (Lipinski definition) is 5. The first-order chi connectivity index (χ1) is 4.16. The molecule has 9 heavy (non-hydrogen) atoms. The van der Waals surface area contributed by atoms with Crippen LogP contribution in [0.3, 0.4) is 0 Å². The van der Waals surface area contributed by atoms with Crippen LogP contribution in [0.15, 0.2) is 0 Å². The molecule has 0 aromatic rings. The second-order valence-corrected chi connectivity index (χ2v) is 1.65. The molecule has 0 aromatic carbocycles. The lowest BCUT2D eigenvalue weighted by Gasteiger charge is -2.01. The molecule has 0 bridgehead atoms. The van der Waals surface area contributed by atoms with E-state index in [1.807, 2.05) is 0 Å². The van der Waals surface area contributed by atoms with Gasteiger partial charge in [0.1, 0.15) is 10.4 Å². The maximum absolute atomic E-state index is 9.78. The fourth-order valence-corrected chi connectivity index (χ4v) is 0.260. The summed E-state index contributed by atoms with van der Waals surface area (Å²) in [6.45, 7) is -0.716. The molecule has 0 saturated heterocycles. The minimum Gasteiger partial charge on any atom is -0.394 e. The van der Waals surface area contributed by atoms with Crippen molar-refractivity contribution in [2.24, 2.45) is 0 Å². The third kappa shape index (κ3) is 5.41. The lowest BCUT2D eigenvalue weighted by atomic mass is 10.4. The van der Waals surface area contributed by atoms with Gasteiger partial charge in [-0.1, -0.05) is 0 Å². The van der Waals surface area contributed by atoms with Gasteiger partial charge in [-0.3, -0.25) is 0 Å². The molecule has 5 nitrogen and oxygen atoms in total. The van der Waals surface area contributed by atoms with E-state index in [4.69, 9.17) is 10.2 Å². The van der Waals surface area contributed by atoms with Gasteiger partial charge in [-0.25, -0.2) is 4.84 Å². The molecule has 0 saturated carbocycles. The molecular weight excluding hydrogens is 146 g/mol. The van der Waals surface area contributed by atoms with E-state index in [9.17, 15) is 4.91 Å². The van der Waals surface area contributed by atoms with Crippen molar-refractivity contribution in [1.29, 1.82) is 0 Å². The minimum absolute atomic E-state index is 0.196. The van der Waals surface area contributed by atoms with Gasteiger partial charge in [0, 0.05) is 0 Å². The van der Waals surface area contributed by atoms with E-state index in [-0.39, 0.29) is 10.9 Å². The van der Waals surface area contributed by atoms with Crippen molar-refractivity contribution < 1.29 is 19.4 Å². The molecule has 0 spiro atoms. The largest absolute Gasteiger partial charge is 0.394 e. The highest BCUT2D eigenvalue weighted by Crippen LogP contribution is 1.82. The number of rotatable bonds is 4. The molecule has 2 N–H and O–H groups in total. The van der Waals surface area contributed by atoms with Crippen molar-refractivity contribution in [1.82, 2.24) is 0 Å². The van der Waals surface area contributed by atoms with E-state index >= 15 is 0 Å². The summed E-state index contributed by atoms with van der Waals surface area (Å²) in [5.41, 5.74) is 0. The Balaban J connectivity index is 3.16. The van der Waals surface area contributed by atoms with Crippen LogP contribution in [0, 0.1) is 4.91 Å². The molecular formula is C3H7NO4S.